The first-order valence-electron chi connectivity index (χ1n) is 46.8. The fourth-order valence-corrected chi connectivity index (χ4v) is 16.0. The first-order chi connectivity index (χ1) is 66.5. The van der Waals surface area contributed by atoms with Crippen molar-refractivity contribution in [2.24, 2.45) is 0 Å². The average molecular weight is 2040 g/mol. The topological polar surface area (TPSA) is 882 Å². The van der Waals surface area contributed by atoms with E-state index in [1.165, 1.54) is 13.8 Å². The molecule has 8 aliphatic rings. The number of ketones is 2. The van der Waals surface area contributed by atoms with Gasteiger partial charge in [-0.15, -0.1) is 0 Å². The molecule has 0 bridgehead atoms. The maximum absolute atomic E-state index is 13.5. The van der Waals surface area contributed by atoms with Crippen LogP contribution in [0.4, 0.5) is 0 Å². The number of aliphatic hydroxyl groups excluding tert-OH is 26. The van der Waals surface area contributed by atoms with Crippen LogP contribution < -0.4 is 31.9 Å². The number of hydrogen-bond donors (Lipinski definition) is 32. The summed E-state index contributed by atoms with van der Waals surface area (Å²) in [6, 6.07) is -2.52. The molecule has 6 amide bonds. The van der Waals surface area contributed by atoms with Crippen molar-refractivity contribution in [1.29, 1.82) is 0 Å². The first-order valence-corrected chi connectivity index (χ1v) is 46.8. The summed E-state index contributed by atoms with van der Waals surface area (Å²) in [4.78, 5) is 102. The molecule has 0 saturated carbocycles. The minimum absolute atomic E-state index is 0.0204. The van der Waals surface area contributed by atoms with Crippen molar-refractivity contribution in [2.75, 3.05) is 92.2 Å². The molecular weight excluding hydrogens is 1890 g/mol. The van der Waals surface area contributed by atoms with Crippen molar-refractivity contribution in [2.45, 2.75) is 388 Å². The van der Waals surface area contributed by atoms with Crippen LogP contribution in [0.1, 0.15) is 130 Å². The van der Waals surface area contributed by atoms with E-state index in [2.05, 4.69) is 31.9 Å². The molecule has 56 nitrogen and oxygen atoms in total. The summed E-state index contributed by atoms with van der Waals surface area (Å²) in [6.45, 7) is 0.507. The van der Waals surface area contributed by atoms with E-state index >= 15 is 0 Å². The zero-order valence-corrected chi connectivity index (χ0v) is 77.9. The molecule has 56 heteroatoms. The maximum atomic E-state index is 13.5. The van der Waals surface area contributed by atoms with E-state index in [1.807, 2.05) is 6.92 Å². The van der Waals surface area contributed by atoms with E-state index in [9.17, 15) is 171 Å². The van der Waals surface area contributed by atoms with E-state index in [1.54, 1.807) is 6.92 Å². The fourth-order valence-electron chi connectivity index (χ4n) is 16.0. The Balaban J connectivity index is 0.000000381. The van der Waals surface area contributed by atoms with Crippen LogP contribution in [-0.2, 0) is 114 Å². The molecule has 8 heterocycles. The molecule has 0 aliphatic carbocycles. The molecule has 0 unspecified atom stereocenters. The Morgan fingerprint density at radius 1 is 0.271 bits per heavy atom. The number of rotatable bonds is 54. The summed E-state index contributed by atoms with van der Waals surface area (Å²) in [6.07, 6.45) is -63.6. The Morgan fingerprint density at radius 2 is 0.564 bits per heavy atom. The second-order valence-electron chi connectivity index (χ2n) is 35.1. The lowest BCUT2D eigenvalue weighted by atomic mass is 9.96. The summed E-state index contributed by atoms with van der Waals surface area (Å²) in [5.41, 5.74) is 0. The van der Waals surface area contributed by atoms with Gasteiger partial charge in [0.1, 0.15) is 207 Å². The van der Waals surface area contributed by atoms with E-state index in [-0.39, 0.29) is 108 Å². The lowest BCUT2D eigenvalue weighted by Gasteiger charge is -2.46. The summed E-state index contributed by atoms with van der Waals surface area (Å²) < 4.78 is 88.6. The molecule has 8 aliphatic heterocycles. The molecule has 0 spiro atoms. The predicted octanol–water partition coefficient (Wildman–Crippen LogP) is -16.6. The van der Waals surface area contributed by atoms with Crippen LogP contribution in [0.15, 0.2) is 0 Å². The first kappa shape index (κ1) is 121. The van der Waals surface area contributed by atoms with Gasteiger partial charge >= 0.3 is 0 Å². The van der Waals surface area contributed by atoms with Gasteiger partial charge < -0.3 is 240 Å². The van der Waals surface area contributed by atoms with Crippen LogP contribution in [0, 0.1) is 0 Å². The normalized spacial score (nSPS) is 38.4. The van der Waals surface area contributed by atoms with Crippen molar-refractivity contribution >= 4 is 47.0 Å². The summed E-state index contributed by atoms with van der Waals surface area (Å²) >= 11 is 0. The Labute approximate surface area is 803 Å². The number of aliphatic hydroxyl groups is 26. The zero-order chi connectivity index (χ0) is 104. The predicted molar refractivity (Wildman–Crippen MR) is 458 cm³/mol. The molecule has 140 heavy (non-hydrogen) atoms. The molecule has 8 saturated heterocycles. The number of nitrogens with one attached hydrogen (secondary N) is 6. The lowest BCUT2D eigenvalue weighted by molar-refractivity contribution is -0.366. The van der Waals surface area contributed by atoms with Crippen molar-refractivity contribution in [3.8, 4) is 0 Å². The molecule has 32 N–H and O–H groups in total. The Bertz CT molecular complexity index is 3430. The number of carbonyl (C=O) groups is 8. The van der Waals surface area contributed by atoms with Gasteiger partial charge in [0.05, 0.1) is 78.3 Å². The van der Waals surface area contributed by atoms with Crippen LogP contribution in [0.3, 0.4) is 0 Å². The highest BCUT2D eigenvalue weighted by Crippen LogP contribution is 2.35. The molecule has 42 atom stereocenters. The summed E-state index contributed by atoms with van der Waals surface area (Å²) in [7, 11) is 0. The number of amides is 6. The second kappa shape index (κ2) is 60.7. The van der Waals surface area contributed by atoms with Gasteiger partial charge in [0, 0.05) is 77.5 Å². The van der Waals surface area contributed by atoms with Crippen molar-refractivity contribution in [3.63, 3.8) is 0 Å². The Hall–Kier alpha value is -5.52. The molecule has 0 radical (unpaired) electrons. The Morgan fingerprint density at radius 3 is 0.936 bits per heavy atom. The smallest absolute Gasteiger partial charge is 0.242 e. The fraction of sp³-hybridized carbons (Fsp3) is 0.905. The summed E-state index contributed by atoms with van der Waals surface area (Å²) in [5, 5.41) is 284. The summed E-state index contributed by atoms with van der Waals surface area (Å²) in [5.74, 6) is -3.59. The van der Waals surface area contributed by atoms with E-state index < -0.39 is 340 Å². The molecule has 812 valence electrons. The Kier molecular flexibility index (Phi) is 52.6. The highest BCUT2D eigenvalue weighted by Gasteiger charge is 2.56. The van der Waals surface area contributed by atoms with Crippen LogP contribution in [0.2, 0.25) is 0 Å². The third kappa shape index (κ3) is 35.4. The average Bonchev–Trinajstić information content (AvgIpc) is 0.782. The third-order valence-electron chi connectivity index (χ3n) is 24.4. The second-order valence-corrected chi connectivity index (χ2v) is 35.1. The van der Waals surface area contributed by atoms with Gasteiger partial charge in [0.25, 0.3) is 0 Å². The van der Waals surface area contributed by atoms with Gasteiger partial charge in [0.15, 0.2) is 50.3 Å². The molecule has 0 aromatic rings. The van der Waals surface area contributed by atoms with Crippen LogP contribution in [0.25, 0.3) is 0 Å². The van der Waals surface area contributed by atoms with E-state index in [0.29, 0.717) is 51.5 Å². The molecule has 8 rings (SSSR count). The molecule has 8 fully saturated rings. The standard InChI is InChI=1S/C43H74N2O25.C41H72N4O25/c1-3-7-20(48)8-4-5-10-26(50)45-22(12-11-21(49)9-6-14-63-40-34(58)31(55)27(51)19(2)66-40)39(62)44-13-15-64-42-37(61)38(70-43-36(60)33(57)29(53)24(17-47)68-43)30(54)25(69-42)18-65-41-35(59)32(56)28(52)23(16-46)67-41;1-3-42-22(48)6-4-5-7-24(50)45-18(8-9-23(49)43-10-12-63-38-32(58)29(55)25(51)17(2)66-38)37(62)44-11-13-64-40-35(61)36(70-41-34(60)31(57)27(53)20(15-47)68-41)28(54)21(69-40)16-65-39-33(59)30(56)26(52)19(14-46)67-39/h19,22-25,27-38,40-43,46-47,51-61H,3-18H2,1-2H3,(H,44,62)(H,45,50);17-21,25-36,38-41,46-47,51-61H,3-16H2,1-2H3,(H,42,48)(H,43,49)(H,44,62)(H,45,50)/t19-,22-,23+,24+,25+,27+,28+,29+,30+,31+,32-,33-,34-,35-,36-,37-,38-,40+,41-,42-,43+;17-,18-,19+,20+,21+,25+,26+,27+,28+,29+,30-,31-,32-,33-,34-,35-,36-,38+,39-,40-,41+/m00/s1. The van der Waals surface area contributed by atoms with Gasteiger partial charge in [-0.25, -0.2) is 0 Å². The third-order valence-corrected chi connectivity index (χ3v) is 24.4. The van der Waals surface area contributed by atoms with E-state index in [0.717, 1.165) is 0 Å². The molecular formula is C84H146N6O50. The lowest BCUT2D eigenvalue weighted by Crippen LogP contribution is -2.65. The number of Topliss-reactive ketones (excluding diaryl/α,β-unsaturated/α-hetero) is 2. The van der Waals surface area contributed by atoms with Crippen LogP contribution >= 0.6 is 0 Å². The highest BCUT2D eigenvalue weighted by molar-refractivity contribution is 5.89. The quantitative estimate of drug-likeness (QED) is 0.0251. The van der Waals surface area contributed by atoms with Crippen molar-refractivity contribution < 1.29 is 247 Å². The van der Waals surface area contributed by atoms with Gasteiger partial charge in [0.2, 0.25) is 35.4 Å². The van der Waals surface area contributed by atoms with E-state index in [4.69, 9.17) is 75.8 Å². The molecule has 0 aromatic carbocycles. The number of carbonyl (C=O) groups excluding carboxylic acids is 8. The molecule has 0 aromatic heterocycles. The SMILES string of the molecule is CCCC(=O)CCCCC(=O)N[C@@H](CCC(=O)CCCO[C@@H]1O[C@@H](C)[C@@H](O)[C@@H](O)[C@@H]1O)C(=O)NCCO[C@H]1O[C@H](CO[C@H]2O[C@H](CO)[C@@H](O)[C@H](O)[C@@H]2O)[C@@H](O)[C@H](O[C@H]2O[C@H](CO)[C@@H](O)[C@H](O)[C@@H]2O)[C@@H]1O.CCNC(=O)CCCCC(=O)N[C@@H](CCC(=O)NCCO[C@@H]1O[C@@H](C)[C@@H](O)[C@@H](O)[C@@H]1O)C(=O)NCCO[C@H]1O[C@H](CO[C@H]2O[C@H](CO)[C@@H](O)[C@H](O)[C@@H]2O)[C@@H](O)[C@H](O[C@H]2O[C@H](CO)[C@@H](O)[C@H](O)[C@@H]2O)[C@@H]1O. The van der Waals surface area contributed by atoms with Crippen molar-refractivity contribution in [1.82, 2.24) is 31.9 Å². The minimum Gasteiger partial charge on any atom is -0.394 e. The number of hydrogen-bond acceptors (Lipinski definition) is 50. The van der Waals surface area contributed by atoms with Gasteiger partial charge in [-0.05, 0) is 72.1 Å². The monoisotopic (exact) mass is 2040 g/mol. The number of unbranched alkanes of at least 4 members (excludes halogenated alkanes) is 2. The maximum Gasteiger partial charge on any atom is 0.242 e. The van der Waals surface area contributed by atoms with Gasteiger partial charge in [-0.1, -0.05) is 6.92 Å². The zero-order valence-electron chi connectivity index (χ0n) is 77.9. The highest BCUT2D eigenvalue weighted by atomic mass is 16.8. The minimum atomic E-state index is -1.98. The van der Waals surface area contributed by atoms with Crippen LogP contribution in [-0.4, -0.2) is 530 Å². The number of ether oxygens (including phenoxy) is 16. The van der Waals surface area contributed by atoms with Crippen molar-refractivity contribution in [3.05, 3.63) is 0 Å². The van der Waals surface area contributed by atoms with Gasteiger partial charge in [-0.2, -0.15) is 0 Å². The van der Waals surface area contributed by atoms with Crippen LogP contribution in [0.5, 0.6) is 0 Å². The van der Waals surface area contributed by atoms with Gasteiger partial charge in [-0.3, -0.25) is 38.4 Å². The largest absolute Gasteiger partial charge is 0.394 e.